The highest BCUT2D eigenvalue weighted by Crippen LogP contribution is 2.46. The zero-order chi connectivity index (χ0) is 35.3. The molecule has 4 fully saturated rings. The predicted molar refractivity (Wildman–Crippen MR) is 192 cm³/mol. The van der Waals surface area contributed by atoms with Gasteiger partial charge in [0.05, 0.1) is 45.8 Å². The molecule has 13 heteroatoms. The number of carbonyl (C=O) groups excluding carboxylic acids is 4. The Morgan fingerprint density at radius 2 is 1.71 bits per heavy atom. The number of piperidine rings is 2. The normalized spacial score (nSPS) is 23.5. The first-order valence-electron chi connectivity index (χ1n) is 18.7. The maximum Gasteiger partial charge on any atom is 0.262 e. The summed E-state index contributed by atoms with van der Waals surface area (Å²) in [6.45, 7) is 2.70. The van der Waals surface area contributed by atoms with Crippen molar-refractivity contribution in [2.24, 2.45) is 5.92 Å². The van der Waals surface area contributed by atoms with Gasteiger partial charge in [0.2, 0.25) is 11.8 Å². The molecule has 2 saturated heterocycles. The van der Waals surface area contributed by atoms with Gasteiger partial charge in [0.25, 0.3) is 11.8 Å². The first-order valence-corrected chi connectivity index (χ1v) is 18.7. The number of amides is 4. The van der Waals surface area contributed by atoms with Crippen LogP contribution < -0.4 is 20.7 Å². The number of hydrogen-bond donors (Lipinski definition) is 3. The van der Waals surface area contributed by atoms with Gasteiger partial charge in [-0.25, -0.2) is 4.98 Å². The van der Waals surface area contributed by atoms with Gasteiger partial charge in [-0.1, -0.05) is 0 Å². The molecule has 13 nitrogen and oxygen atoms in total. The summed E-state index contributed by atoms with van der Waals surface area (Å²) in [7, 11) is 0. The van der Waals surface area contributed by atoms with Crippen LogP contribution in [-0.4, -0.2) is 80.1 Å². The molecular formula is C39H42N8O5. The number of rotatable bonds is 11. The van der Waals surface area contributed by atoms with E-state index >= 15 is 0 Å². The fraction of sp³-hybridized carbons (Fsp3) is 0.462. The van der Waals surface area contributed by atoms with E-state index in [0.29, 0.717) is 17.9 Å². The summed E-state index contributed by atoms with van der Waals surface area (Å²) in [5.74, 6) is -0.0408. The topological polar surface area (TPSA) is 160 Å². The van der Waals surface area contributed by atoms with Crippen LogP contribution in [0.2, 0.25) is 0 Å². The van der Waals surface area contributed by atoms with Crippen molar-refractivity contribution in [1.82, 2.24) is 35.3 Å². The third kappa shape index (κ3) is 6.31. The van der Waals surface area contributed by atoms with Crippen molar-refractivity contribution < 1.29 is 23.9 Å². The Balaban J connectivity index is 0.793. The maximum absolute atomic E-state index is 13.2. The lowest BCUT2D eigenvalue weighted by Crippen LogP contribution is -2.54. The van der Waals surface area contributed by atoms with E-state index in [1.54, 1.807) is 18.2 Å². The monoisotopic (exact) mass is 702 g/mol. The number of imide groups is 2. The van der Waals surface area contributed by atoms with Crippen LogP contribution in [0.4, 0.5) is 5.69 Å². The van der Waals surface area contributed by atoms with Gasteiger partial charge < -0.3 is 15.4 Å². The molecule has 4 aromatic rings. The van der Waals surface area contributed by atoms with Crippen molar-refractivity contribution in [2.75, 3.05) is 25.0 Å². The number of carbonyl (C=O) groups is 4. The molecule has 3 aliphatic heterocycles. The quantitative estimate of drug-likeness (QED) is 0.147. The smallest absolute Gasteiger partial charge is 0.262 e. The maximum atomic E-state index is 13.2. The molecule has 5 heterocycles. The fourth-order valence-electron chi connectivity index (χ4n) is 8.11. The lowest BCUT2D eigenvalue weighted by atomic mass is 9.77. The Morgan fingerprint density at radius 3 is 2.52 bits per heavy atom. The SMILES string of the molecule is O=C1CCC(N2C(=O)c3ccc(NCCCC4CC(n5cc(-c6cnc7ccc(OC8CCNCC8)cc7n6)c(C6CC6)n5)C4)cc3C2=O)C(=O)N1. The first-order chi connectivity index (χ1) is 25.4. The molecule has 2 aliphatic carbocycles. The predicted octanol–water partition coefficient (Wildman–Crippen LogP) is 4.75. The first kappa shape index (κ1) is 32.7. The van der Waals surface area contributed by atoms with Gasteiger partial charge in [-0.3, -0.25) is 39.1 Å². The molecule has 4 amide bonds. The van der Waals surface area contributed by atoms with Crippen molar-refractivity contribution in [3.8, 4) is 17.0 Å². The molecule has 1 unspecified atom stereocenters. The van der Waals surface area contributed by atoms with Gasteiger partial charge in [0.15, 0.2) is 0 Å². The van der Waals surface area contributed by atoms with Crippen molar-refractivity contribution in [3.05, 3.63) is 65.6 Å². The van der Waals surface area contributed by atoms with E-state index in [9.17, 15) is 19.2 Å². The Morgan fingerprint density at radius 1 is 0.885 bits per heavy atom. The molecule has 9 rings (SSSR count). The second-order valence-corrected chi connectivity index (χ2v) is 14.9. The van der Waals surface area contributed by atoms with Gasteiger partial charge in [-0.15, -0.1) is 0 Å². The molecule has 5 aliphatic rings. The minimum Gasteiger partial charge on any atom is -0.490 e. The molecule has 0 spiro atoms. The Kier molecular flexibility index (Phi) is 8.45. The van der Waals surface area contributed by atoms with E-state index in [4.69, 9.17) is 19.8 Å². The number of nitrogens with zero attached hydrogens (tertiary/aromatic N) is 5. The second-order valence-electron chi connectivity index (χ2n) is 14.9. The number of benzene rings is 2. The van der Waals surface area contributed by atoms with Crippen LogP contribution in [0.1, 0.15) is 103 Å². The van der Waals surface area contributed by atoms with E-state index in [2.05, 4.69) is 26.8 Å². The highest BCUT2D eigenvalue weighted by molar-refractivity contribution is 6.23. The Labute approximate surface area is 300 Å². The van der Waals surface area contributed by atoms with Gasteiger partial charge in [-0.05, 0) is 107 Å². The van der Waals surface area contributed by atoms with Crippen LogP contribution in [0, 0.1) is 5.92 Å². The van der Waals surface area contributed by atoms with E-state index in [1.807, 2.05) is 24.4 Å². The highest BCUT2D eigenvalue weighted by Gasteiger charge is 2.44. The van der Waals surface area contributed by atoms with Crippen molar-refractivity contribution in [2.45, 2.75) is 88.3 Å². The molecular weight excluding hydrogens is 660 g/mol. The molecule has 2 saturated carbocycles. The molecule has 0 radical (unpaired) electrons. The van der Waals surface area contributed by atoms with E-state index < -0.39 is 23.8 Å². The zero-order valence-corrected chi connectivity index (χ0v) is 29.0. The Hall–Kier alpha value is -5.17. The molecule has 1 atom stereocenters. The summed E-state index contributed by atoms with van der Waals surface area (Å²) in [5, 5.41) is 14.1. The van der Waals surface area contributed by atoms with Crippen molar-refractivity contribution in [1.29, 1.82) is 0 Å². The number of anilines is 1. The summed E-state index contributed by atoms with van der Waals surface area (Å²) >= 11 is 0. The summed E-state index contributed by atoms with van der Waals surface area (Å²) in [6.07, 6.45) is 13.1. The van der Waals surface area contributed by atoms with Crippen LogP contribution in [0.3, 0.4) is 0 Å². The average molecular weight is 703 g/mol. The number of nitrogens with one attached hydrogen (secondary N) is 3. The molecule has 2 aromatic heterocycles. The van der Waals surface area contributed by atoms with Gasteiger partial charge in [0, 0.05) is 42.4 Å². The van der Waals surface area contributed by atoms with Crippen molar-refractivity contribution in [3.63, 3.8) is 0 Å². The van der Waals surface area contributed by atoms with Gasteiger partial charge >= 0.3 is 0 Å². The minimum absolute atomic E-state index is 0.0967. The molecule has 268 valence electrons. The third-order valence-electron chi connectivity index (χ3n) is 11.2. The fourth-order valence-corrected chi connectivity index (χ4v) is 8.11. The lowest BCUT2D eigenvalue weighted by Gasteiger charge is -2.35. The van der Waals surface area contributed by atoms with Gasteiger partial charge in [0.1, 0.15) is 17.9 Å². The third-order valence-corrected chi connectivity index (χ3v) is 11.2. The summed E-state index contributed by atoms with van der Waals surface area (Å²) in [5.41, 5.74) is 6.11. The Bertz CT molecular complexity index is 2080. The van der Waals surface area contributed by atoms with Gasteiger partial charge in [-0.2, -0.15) is 5.10 Å². The largest absolute Gasteiger partial charge is 0.490 e. The standard InChI is InChI=1S/C39H42N8O5/c48-35-10-9-34(37(49)44-35)47-38(50)28-7-5-24(18-29(28)39(47)51)41-13-1-2-22-16-25(17-22)46-21-30(36(45-46)23-3-4-23)33-20-42-31-8-6-27(19-32(31)43-33)52-26-11-14-40-15-12-26/h5-8,18-23,25-26,34,40-41H,1-4,9-17H2,(H,44,48,49). The summed E-state index contributed by atoms with van der Waals surface area (Å²) in [6, 6.07) is 10.5. The number of ether oxygens (including phenoxy) is 1. The van der Waals surface area contributed by atoms with E-state index in [0.717, 1.165) is 115 Å². The molecule has 2 aromatic carbocycles. The number of hydrogen-bond acceptors (Lipinski definition) is 10. The number of fused-ring (bicyclic) bond motifs is 2. The summed E-state index contributed by atoms with van der Waals surface area (Å²) < 4.78 is 8.45. The van der Waals surface area contributed by atoms with Crippen LogP contribution in [0.15, 0.2) is 48.8 Å². The second kappa shape index (κ2) is 13.4. The van der Waals surface area contributed by atoms with Crippen LogP contribution in [0.5, 0.6) is 5.75 Å². The summed E-state index contributed by atoms with van der Waals surface area (Å²) in [4.78, 5) is 60.9. The lowest BCUT2D eigenvalue weighted by molar-refractivity contribution is -0.136. The molecule has 3 N–H and O–H groups in total. The van der Waals surface area contributed by atoms with E-state index in [1.165, 1.54) is 0 Å². The average Bonchev–Trinajstić information content (AvgIpc) is 3.84. The van der Waals surface area contributed by atoms with Crippen LogP contribution >= 0.6 is 0 Å². The van der Waals surface area contributed by atoms with Crippen molar-refractivity contribution >= 4 is 40.3 Å². The highest BCUT2D eigenvalue weighted by atomic mass is 16.5. The van der Waals surface area contributed by atoms with E-state index in [-0.39, 0.29) is 36.0 Å². The molecule has 52 heavy (non-hydrogen) atoms. The van der Waals surface area contributed by atoms with Crippen LogP contribution in [0.25, 0.3) is 22.3 Å². The number of aromatic nitrogens is 4. The molecule has 0 bridgehead atoms. The minimum atomic E-state index is -0.966. The zero-order valence-electron chi connectivity index (χ0n) is 29.0. The van der Waals surface area contributed by atoms with Crippen LogP contribution in [-0.2, 0) is 9.59 Å².